The van der Waals surface area contributed by atoms with Gasteiger partial charge in [-0.2, -0.15) is 13.2 Å². The third kappa shape index (κ3) is 2.38. The molecule has 1 atom stereocenters. The first-order valence-corrected chi connectivity index (χ1v) is 5.09. The van der Waals surface area contributed by atoms with Gasteiger partial charge < -0.3 is 5.73 Å². The highest BCUT2D eigenvalue weighted by Gasteiger charge is 2.48. The molecule has 0 unspecified atom stereocenters. The molecule has 0 aliphatic carbocycles. The van der Waals surface area contributed by atoms with Crippen LogP contribution in [0.4, 0.5) is 13.2 Å². The number of nitrogens with two attached hydrogens (primary N) is 1. The number of hydrogen-bond donors (Lipinski definition) is 1. The third-order valence-corrected chi connectivity index (χ3v) is 2.87. The van der Waals surface area contributed by atoms with Crippen molar-refractivity contribution in [2.75, 3.05) is 0 Å². The molecule has 0 aliphatic rings. The summed E-state index contributed by atoms with van der Waals surface area (Å²) in [6.45, 7) is 4.14. The average molecular weight is 231 g/mol. The molecule has 1 rings (SSSR count). The van der Waals surface area contributed by atoms with Crippen LogP contribution >= 0.6 is 0 Å². The largest absolute Gasteiger partial charge is 0.397 e. The zero-order valence-corrected chi connectivity index (χ0v) is 9.60. The van der Waals surface area contributed by atoms with E-state index in [1.54, 1.807) is 19.1 Å². The van der Waals surface area contributed by atoms with Crippen LogP contribution in [0.5, 0.6) is 0 Å². The van der Waals surface area contributed by atoms with Crippen molar-refractivity contribution in [3.05, 3.63) is 35.4 Å². The molecule has 0 saturated heterocycles. The Morgan fingerprint density at radius 2 is 1.50 bits per heavy atom. The van der Waals surface area contributed by atoms with Gasteiger partial charge in [0.2, 0.25) is 0 Å². The molecule has 0 spiro atoms. The number of benzene rings is 1. The molecule has 4 heteroatoms. The van der Waals surface area contributed by atoms with Crippen molar-refractivity contribution < 1.29 is 13.2 Å². The Labute approximate surface area is 93.5 Å². The Kier molecular flexibility index (Phi) is 3.33. The van der Waals surface area contributed by atoms with Gasteiger partial charge in [-0.1, -0.05) is 24.3 Å². The Balaban J connectivity index is 3.07. The topological polar surface area (TPSA) is 26.0 Å². The maximum Gasteiger partial charge on any atom is 0.397 e. The van der Waals surface area contributed by atoms with Gasteiger partial charge in [0.05, 0.1) is 5.41 Å². The van der Waals surface area contributed by atoms with E-state index in [1.165, 1.54) is 26.0 Å². The summed E-state index contributed by atoms with van der Waals surface area (Å²) in [6.07, 6.45) is -4.25. The Bertz CT molecular complexity index is 350. The minimum atomic E-state index is -4.25. The van der Waals surface area contributed by atoms with Crippen molar-refractivity contribution in [3.63, 3.8) is 0 Å². The van der Waals surface area contributed by atoms with E-state index in [0.717, 1.165) is 5.56 Å². The number of halogens is 3. The summed E-state index contributed by atoms with van der Waals surface area (Å²) in [6, 6.07) is 6.11. The molecule has 0 radical (unpaired) electrons. The predicted molar refractivity (Wildman–Crippen MR) is 58.1 cm³/mol. The van der Waals surface area contributed by atoms with Gasteiger partial charge in [0, 0.05) is 6.04 Å². The fourth-order valence-electron chi connectivity index (χ4n) is 1.37. The average Bonchev–Trinajstić information content (AvgIpc) is 2.16. The van der Waals surface area contributed by atoms with Crippen LogP contribution in [0.15, 0.2) is 24.3 Å². The van der Waals surface area contributed by atoms with Crippen LogP contribution < -0.4 is 5.73 Å². The summed E-state index contributed by atoms with van der Waals surface area (Å²) in [5.41, 5.74) is 4.90. The van der Waals surface area contributed by atoms with Crippen LogP contribution in [0.25, 0.3) is 0 Å². The lowest BCUT2D eigenvalue weighted by Crippen LogP contribution is -2.36. The Hall–Kier alpha value is -1.03. The molecule has 0 heterocycles. The van der Waals surface area contributed by atoms with Crippen LogP contribution in [0.1, 0.15) is 37.9 Å². The highest BCUT2D eigenvalue weighted by Crippen LogP contribution is 2.40. The van der Waals surface area contributed by atoms with Crippen molar-refractivity contribution in [2.24, 2.45) is 5.73 Å². The first-order chi connectivity index (χ1) is 7.16. The first-order valence-electron chi connectivity index (χ1n) is 5.09. The molecule has 0 aromatic heterocycles. The Morgan fingerprint density at radius 3 is 1.81 bits per heavy atom. The second kappa shape index (κ2) is 4.09. The summed E-state index contributed by atoms with van der Waals surface area (Å²) < 4.78 is 38.3. The van der Waals surface area contributed by atoms with E-state index in [0.29, 0.717) is 0 Å². The molecule has 1 nitrogen and oxygen atoms in total. The highest BCUT2D eigenvalue weighted by molar-refractivity contribution is 5.30. The van der Waals surface area contributed by atoms with E-state index in [-0.39, 0.29) is 11.6 Å². The molecule has 0 bridgehead atoms. The zero-order valence-electron chi connectivity index (χ0n) is 9.60. The second-order valence-corrected chi connectivity index (χ2v) is 4.53. The van der Waals surface area contributed by atoms with E-state index < -0.39 is 11.6 Å². The van der Waals surface area contributed by atoms with Crippen molar-refractivity contribution in [1.29, 1.82) is 0 Å². The quantitative estimate of drug-likeness (QED) is 0.827. The number of rotatable bonds is 2. The van der Waals surface area contributed by atoms with Crippen molar-refractivity contribution in [3.8, 4) is 0 Å². The lowest BCUT2D eigenvalue weighted by molar-refractivity contribution is -0.180. The van der Waals surface area contributed by atoms with Gasteiger partial charge >= 0.3 is 6.18 Å². The van der Waals surface area contributed by atoms with E-state index in [2.05, 4.69) is 0 Å². The molecule has 2 N–H and O–H groups in total. The van der Waals surface area contributed by atoms with Crippen molar-refractivity contribution >= 4 is 0 Å². The molecular formula is C12H16F3N. The maximum atomic E-state index is 12.8. The SMILES string of the molecule is C[C@H](N)c1ccc(C(C)(C)C(F)(F)F)cc1. The van der Waals surface area contributed by atoms with E-state index >= 15 is 0 Å². The maximum absolute atomic E-state index is 12.8. The van der Waals surface area contributed by atoms with Gasteiger partial charge in [0.1, 0.15) is 0 Å². The highest BCUT2D eigenvalue weighted by atomic mass is 19.4. The zero-order chi connectivity index (χ0) is 12.6. The molecule has 16 heavy (non-hydrogen) atoms. The molecule has 0 aliphatic heterocycles. The van der Waals surface area contributed by atoms with Crippen molar-refractivity contribution in [2.45, 2.75) is 38.4 Å². The van der Waals surface area contributed by atoms with Gasteiger partial charge in [-0.15, -0.1) is 0 Å². The lowest BCUT2D eigenvalue weighted by Gasteiger charge is -2.28. The second-order valence-electron chi connectivity index (χ2n) is 4.53. The summed E-state index contributed by atoms with van der Waals surface area (Å²) in [7, 11) is 0. The minimum absolute atomic E-state index is 0.164. The molecule has 0 amide bonds. The van der Waals surface area contributed by atoms with Gasteiger partial charge in [0.15, 0.2) is 0 Å². The molecule has 1 aromatic rings. The molecular weight excluding hydrogens is 215 g/mol. The van der Waals surface area contributed by atoms with Crippen LogP contribution in [0.2, 0.25) is 0 Å². The van der Waals surface area contributed by atoms with E-state index in [9.17, 15) is 13.2 Å². The lowest BCUT2D eigenvalue weighted by atomic mass is 9.83. The van der Waals surface area contributed by atoms with Crippen LogP contribution in [0, 0.1) is 0 Å². The third-order valence-electron chi connectivity index (χ3n) is 2.87. The fraction of sp³-hybridized carbons (Fsp3) is 0.500. The molecule has 0 saturated carbocycles. The van der Waals surface area contributed by atoms with Crippen LogP contribution in [-0.2, 0) is 5.41 Å². The molecule has 90 valence electrons. The summed E-state index contributed by atoms with van der Waals surface area (Å²) in [5.74, 6) is 0. The summed E-state index contributed by atoms with van der Waals surface area (Å²) in [4.78, 5) is 0. The van der Waals surface area contributed by atoms with Gasteiger partial charge in [0.25, 0.3) is 0 Å². The smallest absolute Gasteiger partial charge is 0.324 e. The van der Waals surface area contributed by atoms with E-state index in [4.69, 9.17) is 5.73 Å². The predicted octanol–water partition coefficient (Wildman–Crippen LogP) is 3.55. The molecule has 0 fully saturated rings. The van der Waals surface area contributed by atoms with Crippen LogP contribution in [-0.4, -0.2) is 6.18 Å². The van der Waals surface area contributed by atoms with Gasteiger partial charge in [-0.3, -0.25) is 0 Å². The number of alkyl halides is 3. The summed E-state index contributed by atoms with van der Waals surface area (Å²) >= 11 is 0. The van der Waals surface area contributed by atoms with Gasteiger partial charge in [-0.05, 0) is 31.9 Å². The Morgan fingerprint density at radius 1 is 1.06 bits per heavy atom. The van der Waals surface area contributed by atoms with Crippen LogP contribution in [0.3, 0.4) is 0 Å². The van der Waals surface area contributed by atoms with Crippen molar-refractivity contribution in [1.82, 2.24) is 0 Å². The monoisotopic (exact) mass is 231 g/mol. The normalized spacial score (nSPS) is 14.9. The fourth-order valence-corrected chi connectivity index (χ4v) is 1.37. The van der Waals surface area contributed by atoms with Gasteiger partial charge in [-0.25, -0.2) is 0 Å². The van der Waals surface area contributed by atoms with E-state index in [1.807, 2.05) is 0 Å². The summed E-state index contributed by atoms with van der Waals surface area (Å²) in [5, 5.41) is 0. The molecule has 1 aromatic carbocycles. The number of hydrogen-bond acceptors (Lipinski definition) is 1. The first kappa shape index (κ1) is 13.0. The minimum Gasteiger partial charge on any atom is -0.324 e. The standard InChI is InChI=1S/C12H16F3N/c1-8(16)9-4-6-10(7-5-9)11(2,3)12(13,14)15/h4-8H,16H2,1-3H3/t8-/m0/s1.